The summed E-state index contributed by atoms with van der Waals surface area (Å²) in [5.41, 5.74) is 0.571. The maximum atomic E-state index is 12.0. The SMILES string of the molecule is FC(F)(F)Oc1ccc(-c2noc(C3CNC3)n2)cc1. The number of nitrogens with zero attached hydrogens (tertiary/aromatic N) is 2. The van der Waals surface area contributed by atoms with Crippen LogP contribution in [-0.2, 0) is 0 Å². The van der Waals surface area contributed by atoms with Gasteiger partial charge in [0.2, 0.25) is 11.7 Å². The lowest BCUT2D eigenvalue weighted by molar-refractivity contribution is -0.274. The molecule has 2 aromatic rings. The molecule has 20 heavy (non-hydrogen) atoms. The molecular formula is C12H10F3N3O2. The molecule has 1 N–H and O–H groups in total. The minimum Gasteiger partial charge on any atom is -0.406 e. The van der Waals surface area contributed by atoms with E-state index in [9.17, 15) is 13.2 Å². The van der Waals surface area contributed by atoms with Crippen LogP contribution in [0.5, 0.6) is 5.75 Å². The van der Waals surface area contributed by atoms with E-state index >= 15 is 0 Å². The summed E-state index contributed by atoms with van der Waals surface area (Å²) in [5, 5.41) is 6.90. The van der Waals surface area contributed by atoms with Gasteiger partial charge >= 0.3 is 6.36 Å². The monoisotopic (exact) mass is 285 g/mol. The van der Waals surface area contributed by atoms with Crippen LogP contribution < -0.4 is 10.1 Å². The first-order valence-corrected chi connectivity index (χ1v) is 5.92. The maximum absolute atomic E-state index is 12.0. The number of benzene rings is 1. The Bertz CT molecular complexity index is 591. The van der Waals surface area contributed by atoms with Crippen LogP contribution in [0.15, 0.2) is 28.8 Å². The second-order valence-corrected chi connectivity index (χ2v) is 4.38. The summed E-state index contributed by atoms with van der Waals surface area (Å²) >= 11 is 0. The molecule has 0 aliphatic carbocycles. The van der Waals surface area contributed by atoms with E-state index in [0.717, 1.165) is 13.1 Å². The standard InChI is InChI=1S/C12H10F3N3O2/c13-12(14,15)19-9-3-1-7(2-4-9)10-17-11(20-18-10)8-5-16-6-8/h1-4,8,16H,5-6H2. The summed E-state index contributed by atoms with van der Waals surface area (Å²) in [6.45, 7) is 1.58. The van der Waals surface area contributed by atoms with Gasteiger partial charge in [0.05, 0.1) is 5.92 Å². The Labute approximate surface area is 111 Å². The van der Waals surface area contributed by atoms with E-state index in [1.54, 1.807) is 0 Å². The Kier molecular flexibility index (Phi) is 3.09. The zero-order valence-corrected chi connectivity index (χ0v) is 10.1. The van der Waals surface area contributed by atoms with Crippen LogP contribution in [0, 0.1) is 0 Å². The molecule has 0 bridgehead atoms. The molecule has 0 atom stereocenters. The molecule has 0 spiro atoms. The molecule has 1 fully saturated rings. The number of rotatable bonds is 3. The van der Waals surface area contributed by atoms with Gasteiger partial charge in [-0.25, -0.2) is 0 Å². The van der Waals surface area contributed by atoms with Crippen LogP contribution in [0.4, 0.5) is 13.2 Å². The second kappa shape index (κ2) is 4.78. The summed E-state index contributed by atoms with van der Waals surface area (Å²) in [5.74, 6) is 0.817. The Morgan fingerprint density at radius 1 is 1.20 bits per heavy atom. The second-order valence-electron chi connectivity index (χ2n) is 4.38. The molecule has 3 rings (SSSR count). The molecule has 2 heterocycles. The van der Waals surface area contributed by atoms with Crippen LogP contribution in [0.1, 0.15) is 11.8 Å². The van der Waals surface area contributed by atoms with E-state index in [1.165, 1.54) is 24.3 Å². The third kappa shape index (κ3) is 2.74. The first-order valence-electron chi connectivity index (χ1n) is 5.92. The molecular weight excluding hydrogens is 275 g/mol. The van der Waals surface area contributed by atoms with Crippen molar-refractivity contribution >= 4 is 0 Å². The van der Waals surface area contributed by atoms with Crippen molar-refractivity contribution in [2.24, 2.45) is 0 Å². The average Bonchev–Trinajstić information content (AvgIpc) is 2.75. The lowest BCUT2D eigenvalue weighted by atomic mass is 10.0. The number of alkyl halides is 3. The van der Waals surface area contributed by atoms with Crippen LogP contribution >= 0.6 is 0 Å². The van der Waals surface area contributed by atoms with Gasteiger partial charge in [-0.1, -0.05) is 5.16 Å². The van der Waals surface area contributed by atoms with E-state index in [2.05, 4.69) is 20.2 Å². The van der Waals surface area contributed by atoms with Crippen LogP contribution in [-0.4, -0.2) is 29.6 Å². The van der Waals surface area contributed by atoms with Gasteiger partial charge in [0.25, 0.3) is 0 Å². The Balaban J connectivity index is 1.75. The van der Waals surface area contributed by atoms with Crippen molar-refractivity contribution < 1.29 is 22.4 Å². The molecule has 1 aliphatic rings. The largest absolute Gasteiger partial charge is 0.573 e. The number of ether oxygens (including phenoxy) is 1. The van der Waals surface area contributed by atoms with Crippen molar-refractivity contribution in [3.05, 3.63) is 30.2 Å². The van der Waals surface area contributed by atoms with Crippen LogP contribution in [0.2, 0.25) is 0 Å². The molecule has 1 aliphatic heterocycles. The number of hydrogen-bond donors (Lipinski definition) is 1. The van der Waals surface area contributed by atoms with Gasteiger partial charge in [0.1, 0.15) is 5.75 Å². The summed E-state index contributed by atoms with van der Waals surface area (Å²) in [4.78, 5) is 4.23. The van der Waals surface area contributed by atoms with E-state index in [0.29, 0.717) is 17.3 Å². The number of aromatic nitrogens is 2. The predicted octanol–water partition coefficient (Wildman–Crippen LogP) is 2.32. The minimum absolute atomic E-state index is 0.212. The highest BCUT2D eigenvalue weighted by atomic mass is 19.4. The molecule has 0 saturated carbocycles. The third-order valence-electron chi connectivity index (χ3n) is 2.92. The van der Waals surface area contributed by atoms with Gasteiger partial charge in [-0.2, -0.15) is 4.98 Å². The molecule has 0 amide bonds. The fraction of sp³-hybridized carbons (Fsp3) is 0.333. The number of nitrogens with one attached hydrogen (secondary N) is 1. The van der Waals surface area contributed by atoms with Crippen molar-refractivity contribution in [3.8, 4) is 17.1 Å². The van der Waals surface area contributed by atoms with Gasteiger partial charge in [-0.05, 0) is 24.3 Å². The normalized spacial score (nSPS) is 15.9. The van der Waals surface area contributed by atoms with Crippen molar-refractivity contribution in [1.82, 2.24) is 15.5 Å². The summed E-state index contributed by atoms with van der Waals surface area (Å²) in [7, 11) is 0. The molecule has 0 unspecified atom stereocenters. The quantitative estimate of drug-likeness (QED) is 0.937. The van der Waals surface area contributed by atoms with Crippen molar-refractivity contribution in [2.75, 3.05) is 13.1 Å². The summed E-state index contributed by atoms with van der Waals surface area (Å²) in [6.07, 6.45) is -4.70. The van der Waals surface area contributed by atoms with Gasteiger partial charge in [0.15, 0.2) is 0 Å². The first kappa shape index (κ1) is 12.9. The van der Waals surface area contributed by atoms with E-state index in [4.69, 9.17) is 4.52 Å². The number of halogens is 3. The predicted molar refractivity (Wildman–Crippen MR) is 62.0 cm³/mol. The Morgan fingerprint density at radius 2 is 1.90 bits per heavy atom. The number of hydrogen-bond acceptors (Lipinski definition) is 5. The zero-order chi connectivity index (χ0) is 14.2. The van der Waals surface area contributed by atoms with Gasteiger partial charge in [0, 0.05) is 18.7 Å². The minimum atomic E-state index is -4.70. The van der Waals surface area contributed by atoms with E-state index < -0.39 is 6.36 Å². The van der Waals surface area contributed by atoms with Gasteiger partial charge < -0.3 is 14.6 Å². The van der Waals surface area contributed by atoms with E-state index in [-0.39, 0.29) is 11.7 Å². The Hall–Kier alpha value is -2.09. The molecule has 8 heteroatoms. The van der Waals surface area contributed by atoms with Crippen LogP contribution in [0.3, 0.4) is 0 Å². The average molecular weight is 285 g/mol. The topological polar surface area (TPSA) is 60.2 Å². The lowest BCUT2D eigenvalue weighted by Crippen LogP contribution is -2.40. The summed E-state index contributed by atoms with van der Waals surface area (Å²) < 4.78 is 45.0. The fourth-order valence-corrected chi connectivity index (χ4v) is 1.79. The molecule has 5 nitrogen and oxygen atoms in total. The van der Waals surface area contributed by atoms with Crippen LogP contribution in [0.25, 0.3) is 11.4 Å². The maximum Gasteiger partial charge on any atom is 0.573 e. The van der Waals surface area contributed by atoms with Crippen molar-refractivity contribution in [2.45, 2.75) is 12.3 Å². The highest BCUT2D eigenvalue weighted by Crippen LogP contribution is 2.26. The third-order valence-corrected chi connectivity index (χ3v) is 2.92. The first-order chi connectivity index (χ1) is 9.51. The Morgan fingerprint density at radius 3 is 2.45 bits per heavy atom. The van der Waals surface area contributed by atoms with Crippen molar-refractivity contribution in [3.63, 3.8) is 0 Å². The molecule has 106 valence electrons. The fourth-order valence-electron chi connectivity index (χ4n) is 1.79. The molecule has 1 aromatic carbocycles. The highest BCUT2D eigenvalue weighted by Gasteiger charge is 2.31. The molecule has 1 saturated heterocycles. The summed E-state index contributed by atoms with van der Waals surface area (Å²) in [6, 6.07) is 5.33. The van der Waals surface area contributed by atoms with E-state index in [1.807, 2.05) is 0 Å². The van der Waals surface area contributed by atoms with Gasteiger partial charge in [-0.15, -0.1) is 13.2 Å². The van der Waals surface area contributed by atoms with Crippen molar-refractivity contribution in [1.29, 1.82) is 0 Å². The molecule has 1 aromatic heterocycles. The highest BCUT2D eigenvalue weighted by molar-refractivity contribution is 5.55. The lowest BCUT2D eigenvalue weighted by Gasteiger charge is -2.22. The van der Waals surface area contributed by atoms with Gasteiger partial charge in [-0.3, -0.25) is 0 Å². The molecule has 0 radical (unpaired) electrons. The zero-order valence-electron chi connectivity index (χ0n) is 10.1. The smallest absolute Gasteiger partial charge is 0.406 e.